The zero-order chi connectivity index (χ0) is 20.8. The van der Waals surface area contributed by atoms with Crippen LogP contribution in [0.2, 0.25) is 0 Å². The Morgan fingerprint density at radius 2 is 1.60 bits per heavy atom. The molecule has 0 saturated heterocycles. The molecule has 150 valence electrons. The molecule has 0 radical (unpaired) electrons. The second-order valence-electron chi connectivity index (χ2n) is 6.65. The minimum absolute atomic E-state index is 0.122. The van der Waals surface area contributed by atoms with Gasteiger partial charge in [-0.3, -0.25) is 9.97 Å². The molecule has 30 heavy (non-hydrogen) atoms. The van der Waals surface area contributed by atoms with Crippen LogP contribution in [-0.4, -0.2) is 34.1 Å². The molecule has 0 atom stereocenters. The molecule has 0 spiro atoms. The number of rotatable bonds is 7. The molecule has 0 bridgehead atoms. The van der Waals surface area contributed by atoms with Gasteiger partial charge in [-0.1, -0.05) is 18.2 Å². The Morgan fingerprint density at radius 1 is 0.867 bits per heavy atom. The van der Waals surface area contributed by atoms with E-state index in [0.29, 0.717) is 5.88 Å². The van der Waals surface area contributed by atoms with Crippen LogP contribution in [0, 0.1) is 0 Å². The standard InChI is InChI=1S/C23H22N6O/c1-29(19-10-11-22(30-2)26-16-19)21-9-3-8-20(27-21)28-23(17-6-4-12-24-14-17)18-7-5-13-25-15-18/h3-16,23H,1-2H3,(H,27,28). The van der Waals surface area contributed by atoms with Crippen molar-refractivity contribution in [1.29, 1.82) is 0 Å². The fourth-order valence-electron chi connectivity index (χ4n) is 3.11. The Hall–Kier alpha value is -4.00. The quantitative estimate of drug-likeness (QED) is 0.499. The van der Waals surface area contributed by atoms with E-state index >= 15 is 0 Å². The smallest absolute Gasteiger partial charge is 0.213 e. The summed E-state index contributed by atoms with van der Waals surface area (Å²) < 4.78 is 5.14. The largest absolute Gasteiger partial charge is 0.481 e. The summed E-state index contributed by atoms with van der Waals surface area (Å²) in [5.41, 5.74) is 2.98. The highest BCUT2D eigenvalue weighted by Gasteiger charge is 2.16. The van der Waals surface area contributed by atoms with Crippen molar-refractivity contribution in [2.75, 3.05) is 24.4 Å². The molecule has 4 aromatic rings. The van der Waals surface area contributed by atoms with Crippen LogP contribution in [-0.2, 0) is 0 Å². The van der Waals surface area contributed by atoms with Gasteiger partial charge in [0.1, 0.15) is 11.6 Å². The second kappa shape index (κ2) is 9.00. The third-order valence-electron chi connectivity index (χ3n) is 4.72. The molecule has 1 N–H and O–H groups in total. The second-order valence-corrected chi connectivity index (χ2v) is 6.65. The molecule has 7 nitrogen and oxygen atoms in total. The highest BCUT2D eigenvalue weighted by Crippen LogP contribution is 2.27. The summed E-state index contributed by atoms with van der Waals surface area (Å²) >= 11 is 0. The van der Waals surface area contributed by atoms with Gasteiger partial charge in [0.15, 0.2) is 0 Å². The van der Waals surface area contributed by atoms with Crippen LogP contribution >= 0.6 is 0 Å². The van der Waals surface area contributed by atoms with Crippen LogP contribution < -0.4 is 15.0 Å². The van der Waals surface area contributed by atoms with Crippen molar-refractivity contribution < 1.29 is 4.74 Å². The van der Waals surface area contributed by atoms with E-state index in [1.165, 1.54) is 0 Å². The average Bonchev–Trinajstić information content (AvgIpc) is 2.83. The number of hydrogen-bond acceptors (Lipinski definition) is 7. The monoisotopic (exact) mass is 398 g/mol. The van der Waals surface area contributed by atoms with Gasteiger partial charge in [0.05, 0.1) is 25.0 Å². The predicted molar refractivity (Wildman–Crippen MR) is 117 cm³/mol. The maximum Gasteiger partial charge on any atom is 0.213 e. The lowest BCUT2D eigenvalue weighted by Crippen LogP contribution is -2.16. The van der Waals surface area contributed by atoms with Crippen molar-refractivity contribution in [3.8, 4) is 5.88 Å². The van der Waals surface area contributed by atoms with E-state index < -0.39 is 0 Å². The van der Waals surface area contributed by atoms with E-state index in [1.807, 2.05) is 78.9 Å². The number of ether oxygens (including phenoxy) is 1. The normalized spacial score (nSPS) is 10.6. The average molecular weight is 398 g/mol. The topological polar surface area (TPSA) is 76.1 Å². The zero-order valence-electron chi connectivity index (χ0n) is 16.8. The first-order valence-electron chi connectivity index (χ1n) is 9.52. The molecule has 0 aliphatic heterocycles. The molecule has 4 heterocycles. The molecule has 0 unspecified atom stereocenters. The van der Waals surface area contributed by atoms with Crippen LogP contribution in [0.5, 0.6) is 5.88 Å². The third kappa shape index (κ3) is 4.35. The first-order chi connectivity index (χ1) is 14.7. The van der Waals surface area contributed by atoms with Crippen molar-refractivity contribution >= 4 is 17.3 Å². The summed E-state index contributed by atoms with van der Waals surface area (Å²) in [6.07, 6.45) is 8.99. The summed E-state index contributed by atoms with van der Waals surface area (Å²) in [4.78, 5) is 19.6. The Balaban J connectivity index is 1.61. The van der Waals surface area contributed by atoms with Crippen molar-refractivity contribution in [2.45, 2.75) is 6.04 Å². The predicted octanol–water partition coefficient (Wildman–Crippen LogP) is 4.24. The first-order valence-corrected chi connectivity index (χ1v) is 9.52. The Morgan fingerprint density at radius 3 is 2.17 bits per heavy atom. The molecule has 0 aliphatic rings. The summed E-state index contributed by atoms with van der Waals surface area (Å²) in [6.45, 7) is 0. The van der Waals surface area contributed by atoms with Crippen LogP contribution in [0.4, 0.5) is 17.3 Å². The van der Waals surface area contributed by atoms with Crippen LogP contribution in [0.3, 0.4) is 0 Å². The molecule has 0 amide bonds. The van der Waals surface area contributed by atoms with Gasteiger partial charge in [-0.2, -0.15) is 0 Å². The fourth-order valence-corrected chi connectivity index (χ4v) is 3.11. The Labute approximate surface area is 175 Å². The maximum atomic E-state index is 5.14. The number of nitrogens with one attached hydrogen (secondary N) is 1. The molecule has 0 fully saturated rings. The van der Waals surface area contributed by atoms with E-state index in [9.17, 15) is 0 Å². The lowest BCUT2D eigenvalue weighted by Gasteiger charge is -2.22. The molecule has 0 aliphatic carbocycles. The van der Waals surface area contributed by atoms with Gasteiger partial charge in [0.2, 0.25) is 5.88 Å². The summed E-state index contributed by atoms with van der Waals surface area (Å²) in [7, 11) is 3.55. The summed E-state index contributed by atoms with van der Waals surface area (Å²) in [6, 6.07) is 17.5. The molecule has 7 heteroatoms. The molecule has 4 rings (SSSR count). The zero-order valence-corrected chi connectivity index (χ0v) is 16.8. The number of anilines is 3. The minimum Gasteiger partial charge on any atom is -0.481 e. The van der Waals surface area contributed by atoms with Crippen LogP contribution in [0.25, 0.3) is 0 Å². The van der Waals surface area contributed by atoms with Gasteiger partial charge in [-0.25, -0.2) is 9.97 Å². The molecular weight excluding hydrogens is 376 g/mol. The van der Waals surface area contributed by atoms with E-state index in [2.05, 4.69) is 20.3 Å². The molecule has 4 aromatic heterocycles. The Bertz CT molecular complexity index is 1030. The van der Waals surface area contributed by atoms with E-state index in [4.69, 9.17) is 9.72 Å². The van der Waals surface area contributed by atoms with Crippen molar-refractivity contribution in [3.63, 3.8) is 0 Å². The molecule has 0 saturated carbocycles. The number of nitrogens with zero attached hydrogens (tertiary/aromatic N) is 5. The van der Waals surface area contributed by atoms with E-state index in [1.54, 1.807) is 25.7 Å². The van der Waals surface area contributed by atoms with Gasteiger partial charge in [-0.05, 0) is 41.5 Å². The summed E-state index contributed by atoms with van der Waals surface area (Å²) in [5.74, 6) is 2.12. The fraction of sp³-hybridized carbons (Fsp3) is 0.130. The van der Waals surface area contributed by atoms with Gasteiger partial charge in [-0.15, -0.1) is 0 Å². The van der Waals surface area contributed by atoms with Gasteiger partial charge >= 0.3 is 0 Å². The van der Waals surface area contributed by atoms with Crippen molar-refractivity contribution in [1.82, 2.24) is 19.9 Å². The maximum absolute atomic E-state index is 5.14. The SMILES string of the molecule is COc1ccc(N(C)c2cccc(NC(c3cccnc3)c3cccnc3)n2)cn1. The Kier molecular flexibility index (Phi) is 5.80. The minimum atomic E-state index is -0.122. The lowest BCUT2D eigenvalue weighted by molar-refractivity contribution is 0.398. The van der Waals surface area contributed by atoms with Crippen LogP contribution in [0.1, 0.15) is 17.2 Å². The van der Waals surface area contributed by atoms with E-state index in [-0.39, 0.29) is 6.04 Å². The number of methoxy groups -OCH3 is 1. The van der Waals surface area contributed by atoms with E-state index in [0.717, 1.165) is 28.5 Å². The number of aromatic nitrogens is 4. The number of hydrogen-bond donors (Lipinski definition) is 1. The molecule has 0 aromatic carbocycles. The van der Waals surface area contributed by atoms with Gasteiger partial charge < -0.3 is 15.0 Å². The number of pyridine rings is 4. The van der Waals surface area contributed by atoms with Crippen molar-refractivity contribution in [3.05, 3.63) is 96.7 Å². The third-order valence-corrected chi connectivity index (χ3v) is 4.72. The lowest BCUT2D eigenvalue weighted by atomic mass is 10.0. The highest BCUT2D eigenvalue weighted by atomic mass is 16.5. The molecular formula is C23H22N6O. The van der Waals surface area contributed by atoms with Gasteiger partial charge in [0, 0.05) is 37.9 Å². The first kappa shape index (κ1) is 19.3. The van der Waals surface area contributed by atoms with Crippen molar-refractivity contribution in [2.24, 2.45) is 0 Å². The van der Waals surface area contributed by atoms with Gasteiger partial charge in [0.25, 0.3) is 0 Å². The van der Waals surface area contributed by atoms with Crippen LogP contribution in [0.15, 0.2) is 85.6 Å². The summed E-state index contributed by atoms with van der Waals surface area (Å²) in [5, 5.41) is 3.52. The highest BCUT2D eigenvalue weighted by molar-refractivity contribution is 5.60.